The Labute approximate surface area is 282 Å². The van der Waals surface area contributed by atoms with Crippen molar-refractivity contribution in [3.05, 3.63) is 168 Å². The molecule has 228 valence electrons. The third-order valence-corrected chi connectivity index (χ3v) is 11.6. The van der Waals surface area contributed by atoms with E-state index in [1.54, 1.807) is 0 Å². The molecule has 8 aromatic carbocycles. The first-order valence-electron chi connectivity index (χ1n) is 17.2. The Kier molecular flexibility index (Phi) is 5.50. The molecule has 48 heavy (non-hydrogen) atoms. The standard InChI is InChI=1S/C48H36/c1-47(2)41-26-24-30(28-39(41)45-42(47)27-25-38-32-17-11-12-23-40(32)48(3,4)46(38)45)43-34-18-7-9-20-36(34)44(37-21-10-8-19-35(37)43)33-22-13-15-29-14-5-6-16-31(29)33/h5-28H,1-4H3. The molecule has 0 nitrogen and oxygen atoms in total. The van der Waals surface area contributed by atoms with Crippen molar-refractivity contribution >= 4 is 32.3 Å². The summed E-state index contributed by atoms with van der Waals surface area (Å²) in [6, 6.07) is 54.7. The average molecular weight is 613 g/mol. The minimum atomic E-state index is -0.0789. The van der Waals surface area contributed by atoms with Crippen LogP contribution in [0.3, 0.4) is 0 Å². The molecule has 0 aromatic heterocycles. The van der Waals surface area contributed by atoms with Gasteiger partial charge in [0.15, 0.2) is 0 Å². The minimum absolute atomic E-state index is 0.0779. The predicted molar refractivity (Wildman–Crippen MR) is 205 cm³/mol. The SMILES string of the molecule is CC1(C)c2ccc(-c3c4ccccc4c(-c4cccc5ccccc45)c4ccccc34)cc2-c2c1ccc1c2C(C)(C)c2ccccc2-1. The van der Waals surface area contributed by atoms with Crippen molar-refractivity contribution in [1.82, 2.24) is 0 Å². The van der Waals surface area contributed by atoms with Gasteiger partial charge in [-0.2, -0.15) is 0 Å². The van der Waals surface area contributed by atoms with Gasteiger partial charge in [-0.3, -0.25) is 0 Å². The van der Waals surface area contributed by atoms with E-state index in [1.807, 2.05) is 0 Å². The number of hydrogen-bond acceptors (Lipinski definition) is 0. The first kappa shape index (κ1) is 27.6. The van der Waals surface area contributed by atoms with Crippen LogP contribution in [0.5, 0.6) is 0 Å². The number of benzene rings is 8. The summed E-state index contributed by atoms with van der Waals surface area (Å²) in [5.74, 6) is 0. The highest BCUT2D eigenvalue weighted by molar-refractivity contribution is 6.23. The van der Waals surface area contributed by atoms with E-state index < -0.39 is 0 Å². The first-order chi connectivity index (χ1) is 23.4. The zero-order valence-corrected chi connectivity index (χ0v) is 27.9. The van der Waals surface area contributed by atoms with Crippen LogP contribution in [0.25, 0.3) is 76.8 Å². The van der Waals surface area contributed by atoms with Crippen molar-refractivity contribution in [2.45, 2.75) is 38.5 Å². The van der Waals surface area contributed by atoms with E-state index in [-0.39, 0.29) is 10.8 Å². The van der Waals surface area contributed by atoms with Crippen LogP contribution in [0, 0.1) is 0 Å². The molecule has 0 heteroatoms. The summed E-state index contributed by atoms with van der Waals surface area (Å²) in [5.41, 5.74) is 16.4. The molecule has 2 aliphatic rings. The van der Waals surface area contributed by atoms with E-state index in [2.05, 4.69) is 173 Å². The fourth-order valence-corrected chi connectivity index (χ4v) is 9.44. The molecule has 0 aliphatic heterocycles. The molecule has 0 heterocycles. The number of rotatable bonds is 2. The molecule has 0 saturated heterocycles. The van der Waals surface area contributed by atoms with E-state index in [9.17, 15) is 0 Å². The van der Waals surface area contributed by atoms with Gasteiger partial charge in [0.05, 0.1) is 0 Å². The molecule has 0 bridgehead atoms. The Morgan fingerprint density at radius 2 is 0.875 bits per heavy atom. The second-order valence-electron chi connectivity index (χ2n) is 14.8. The van der Waals surface area contributed by atoms with E-state index in [0.717, 1.165) is 0 Å². The van der Waals surface area contributed by atoms with Crippen LogP contribution >= 0.6 is 0 Å². The second-order valence-corrected chi connectivity index (χ2v) is 14.8. The topological polar surface area (TPSA) is 0 Å². The lowest BCUT2D eigenvalue weighted by Gasteiger charge is -2.26. The van der Waals surface area contributed by atoms with Crippen LogP contribution in [0.4, 0.5) is 0 Å². The van der Waals surface area contributed by atoms with Gasteiger partial charge in [-0.15, -0.1) is 0 Å². The Balaban J connectivity index is 1.28. The van der Waals surface area contributed by atoms with Gasteiger partial charge in [0.2, 0.25) is 0 Å². The van der Waals surface area contributed by atoms with Gasteiger partial charge in [-0.1, -0.05) is 167 Å². The van der Waals surface area contributed by atoms with Gasteiger partial charge in [-0.25, -0.2) is 0 Å². The molecule has 2 aliphatic carbocycles. The van der Waals surface area contributed by atoms with Crippen molar-refractivity contribution in [2.75, 3.05) is 0 Å². The lowest BCUT2D eigenvalue weighted by atomic mass is 9.77. The number of hydrogen-bond donors (Lipinski definition) is 0. The monoisotopic (exact) mass is 612 g/mol. The van der Waals surface area contributed by atoms with E-state index >= 15 is 0 Å². The molecule has 0 spiro atoms. The molecule has 0 amide bonds. The summed E-state index contributed by atoms with van der Waals surface area (Å²) in [6.45, 7) is 9.64. The van der Waals surface area contributed by atoms with Crippen molar-refractivity contribution in [1.29, 1.82) is 0 Å². The van der Waals surface area contributed by atoms with Crippen LogP contribution in [-0.2, 0) is 10.8 Å². The van der Waals surface area contributed by atoms with Gasteiger partial charge < -0.3 is 0 Å². The summed E-state index contributed by atoms with van der Waals surface area (Å²) in [7, 11) is 0. The summed E-state index contributed by atoms with van der Waals surface area (Å²) < 4.78 is 0. The highest BCUT2D eigenvalue weighted by Gasteiger charge is 2.44. The van der Waals surface area contributed by atoms with E-state index in [0.29, 0.717) is 0 Å². The average Bonchev–Trinajstić information content (AvgIpc) is 3.49. The quantitative estimate of drug-likeness (QED) is 0.170. The highest BCUT2D eigenvalue weighted by atomic mass is 14.5. The van der Waals surface area contributed by atoms with Crippen LogP contribution in [0.2, 0.25) is 0 Å². The largest absolute Gasteiger partial charge is 0.0619 e. The Morgan fingerprint density at radius 1 is 0.333 bits per heavy atom. The normalized spacial score (nSPS) is 15.0. The maximum absolute atomic E-state index is 2.52. The van der Waals surface area contributed by atoms with E-state index in [1.165, 1.54) is 99.1 Å². The molecule has 0 N–H and O–H groups in total. The van der Waals surface area contributed by atoms with Crippen molar-refractivity contribution in [3.63, 3.8) is 0 Å². The van der Waals surface area contributed by atoms with E-state index in [4.69, 9.17) is 0 Å². The lowest BCUT2D eigenvalue weighted by Crippen LogP contribution is -2.18. The molecule has 0 fully saturated rings. The zero-order chi connectivity index (χ0) is 32.4. The van der Waals surface area contributed by atoms with Crippen molar-refractivity contribution in [3.8, 4) is 44.5 Å². The molecule has 0 unspecified atom stereocenters. The van der Waals surface area contributed by atoms with Gasteiger partial charge in [0, 0.05) is 10.8 Å². The summed E-state index contributed by atoms with van der Waals surface area (Å²) in [4.78, 5) is 0. The Hall–Kier alpha value is -5.46. The third kappa shape index (κ3) is 3.50. The lowest BCUT2D eigenvalue weighted by molar-refractivity contribution is 0.647. The van der Waals surface area contributed by atoms with Crippen molar-refractivity contribution in [2.24, 2.45) is 0 Å². The fourth-order valence-electron chi connectivity index (χ4n) is 9.44. The molecule has 0 saturated carbocycles. The molecule has 10 rings (SSSR count). The summed E-state index contributed by atoms with van der Waals surface area (Å²) in [5, 5.41) is 7.73. The molecular weight excluding hydrogens is 577 g/mol. The van der Waals surface area contributed by atoms with Crippen LogP contribution in [0.1, 0.15) is 49.9 Å². The maximum atomic E-state index is 2.52. The van der Waals surface area contributed by atoms with Gasteiger partial charge in [0.25, 0.3) is 0 Å². The third-order valence-electron chi connectivity index (χ3n) is 11.6. The summed E-state index contributed by atoms with van der Waals surface area (Å²) >= 11 is 0. The second kappa shape index (κ2) is 9.55. The molecular formula is C48H36. The number of fused-ring (bicyclic) bond motifs is 10. The minimum Gasteiger partial charge on any atom is -0.0619 e. The zero-order valence-electron chi connectivity index (χ0n) is 27.9. The Morgan fingerprint density at radius 3 is 1.60 bits per heavy atom. The van der Waals surface area contributed by atoms with Crippen LogP contribution in [0.15, 0.2) is 146 Å². The fraction of sp³-hybridized carbons (Fsp3) is 0.125. The Bertz CT molecular complexity index is 2600. The molecule has 0 radical (unpaired) electrons. The van der Waals surface area contributed by atoms with Crippen LogP contribution < -0.4 is 0 Å². The molecule has 0 atom stereocenters. The van der Waals surface area contributed by atoms with Gasteiger partial charge in [0.1, 0.15) is 0 Å². The van der Waals surface area contributed by atoms with Crippen molar-refractivity contribution < 1.29 is 0 Å². The summed E-state index contributed by atoms with van der Waals surface area (Å²) in [6.07, 6.45) is 0. The maximum Gasteiger partial charge on any atom is 0.0165 e. The smallest absolute Gasteiger partial charge is 0.0165 e. The first-order valence-corrected chi connectivity index (χ1v) is 17.2. The molecule has 8 aromatic rings. The van der Waals surface area contributed by atoms with Gasteiger partial charge >= 0.3 is 0 Å². The highest BCUT2D eigenvalue weighted by Crippen LogP contribution is 2.59. The van der Waals surface area contributed by atoms with Gasteiger partial charge in [-0.05, 0) is 105 Å². The van der Waals surface area contributed by atoms with Crippen LogP contribution in [-0.4, -0.2) is 0 Å². The predicted octanol–water partition coefficient (Wildman–Crippen LogP) is 13.1.